The number of alkyl halides is 2. The van der Waals surface area contributed by atoms with Crippen LogP contribution in [0.4, 0.5) is 13.2 Å². The molecule has 3 rings (SSSR count). The average Bonchev–Trinajstić information content (AvgIpc) is 2.69. The highest BCUT2D eigenvalue weighted by molar-refractivity contribution is 5.35. The minimum Gasteiger partial charge on any atom is -0.429 e. The van der Waals surface area contributed by atoms with Gasteiger partial charge in [-0.25, -0.2) is 4.39 Å². The summed E-state index contributed by atoms with van der Waals surface area (Å²) in [5, 5.41) is 8.71. The van der Waals surface area contributed by atoms with E-state index < -0.39 is 17.5 Å². The Balaban J connectivity index is 1.67. The first-order chi connectivity index (χ1) is 13.4. The van der Waals surface area contributed by atoms with Crippen molar-refractivity contribution in [2.24, 2.45) is 5.92 Å². The maximum absolute atomic E-state index is 14.3. The van der Waals surface area contributed by atoms with Crippen molar-refractivity contribution in [3.8, 4) is 11.8 Å². The second-order valence-electron chi connectivity index (χ2n) is 7.13. The van der Waals surface area contributed by atoms with E-state index in [1.54, 1.807) is 6.07 Å². The van der Waals surface area contributed by atoms with E-state index in [9.17, 15) is 13.2 Å². The summed E-state index contributed by atoms with van der Waals surface area (Å²) >= 11 is 0. The van der Waals surface area contributed by atoms with Gasteiger partial charge < -0.3 is 4.74 Å². The van der Waals surface area contributed by atoms with E-state index in [-0.39, 0.29) is 11.3 Å². The van der Waals surface area contributed by atoms with E-state index in [4.69, 9.17) is 10.00 Å². The largest absolute Gasteiger partial charge is 0.429 e. The van der Waals surface area contributed by atoms with Gasteiger partial charge in [0.2, 0.25) is 0 Å². The summed E-state index contributed by atoms with van der Waals surface area (Å²) in [6.45, 7) is 2.03. The number of nitriles is 1. The number of nitrogens with zero attached hydrogens (tertiary/aromatic N) is 1. The molecule has 0 N–H and O–H groups in total. The van der Waals surface area contributed by atoms with Crippen molar-refractivity contribution in [1.29, 1.82) is 5.26 Å². The number of rotatable bonds is 5. The number of hydrogen-bond acceptors (Lipinski definition) is 2. The van der Waals surface area contributed by atoms with Crippen molar-refractivity contribution in [3.05, 3.63) is 77.1 Å². The van der Waals surface area contributed by atoms with E-state index in [1.165, 1.54) is 12.1 Å². The maximum atomic E-state index is 14.3. The zero-order valence-corrected chi connectivity index (χ0v) is 15.7. The molecule has 5 heteroatoms. The zero-order valence-electron chi connectivity index (χ0n) is 15.7. The Morgan fingerprint density at radius 1 is 1.07 bits per heavy atom. The van der Waals surface area contributed by atoms with Gasteiger partial charge in [0.15, 0.2) is 0 Å². The van der Waals surface area contributed by atoms with E-state index in [0.717, 1.165) is 43.4 Å². The van der Waals surface area contributed by atoms with Crippen LogP contribution >= 0.6 is 0 Å². The molecule has 1 saturated carbocycles. The molecule has 0 heterocycles. The smallest absolute Gasteiger partial charge is 0.426 e. The van der Waals surface area contributed by atoms with E-state index in [0.29, 0.717) is 17.9 Å². The predicted molar refractivity (Wildman–Crippen MR) is 102 cm³/mol. The molecule has 0 amide bonds. The van der Waals surface area contributed by atoms with E-state index >= 15 is 0 Å². The molecule has 0 spiro atoms. The van der Waals surface area contributed by atoms with Gasteiger partial charge in [-0.15, -0.1) is 0 Å². The van der Waals surface area contributed by atoms with Crippen LogP contribution < -0.4 is 4.74 Å². The number of allylic oxidation sites excluding steroid dienone is 2. The standard InChI is InChI=1S/C23H22F3NO/c1-2-3-16-4-6-17(7-5-16)18-9-12-21(13-10-18)28-23(25,26)20-11-8-19(15-27)22(24)14-20/h2-3,8-14,16-17H,4-7H2,1H3/b3-2+. The van der Waals surface area contributed by atoms with Gasteiger partial charge in [0.05, 0.1) is 11.1 Å². The van der Waals surface area contributed by atoms with Crippen LogP contribution in [0, 0.1) is 23.1 Å². The normalized spacial score (nSPS) is 20.1. The van der Waals surface area contributed by atoms with Crippen molar-refractivity contribution in [1.82, 2.24) is 0 Å². The highest BCUT2D eigenvalue weighted by Crippen LogP contribution is 2.38. The quantitative estimate of drug-likeness (QED) is 0.538. The van der Waals surface area contributed by atoms with Crippen LogP contribution in [0.5, 0.6) is 5.75 Å². The first kappa shape index (κ1) is 20.0. The van der Waals surface area contributed by atoms with Crippen molar-refractivity contribution in [3.63, 3.8) is 0 Å². The van der Waals surface area contributed by atoms with E-state index in [2.05, 4.69) is 12.2 Å². The lowest BCUT2D eigenvalue weighted by Gasteiger charge is -2.27. The SMILES string of the molecule is C/C=C/C1CCC(c2ccc(OC(F)(F)c3ccc(C#N)c(F)c3)cc2)CC1. The van der Waals surface area contributed by atoms with Crippen LogP contribution in [0.3, 0.4) is 0 Å². The first-order valence-corrected chi connectivity index (χ1v) is 9.42. The van der Waals surface area contributed by atoms with Gasteiger partial charge in [-0.2, -0.15) is 14.0 Å². The predicted octanol–water partition coefficient (Wildman–Crippen LogP) is 6.68. The molecule has 1 aliphatic rings. The highest BCUT2D eigenvalue weighted by Gasteiger charge is 2.35. The molecule has 2 aromatic rings. The summed E-state index contributed by atoms with van der Waals surface area (Å²) in [6, 6.07) is 11.0. The number of benzene rings is 2. The summed E-state index contributed by atoms with van der Waals surface area (Å²) < 4.78 is 47.2. The molecular weight excluding hydrogens is 363 g/mol. The summed E-state index contributed by atoms with van der Waals surface area (Å²) in [4.78, 5) is 0. The van der Waals surface area contributed by atoms with Crippen molar-refractivity contribution in [2.45, 2.75) is 44.6 Å². The number of hydrogen-bond donors (Lipinski definition) is 0. The molecule has 2 aromatic carbocycles. The van der Waals surface area contributed by atoms with Crippen LogP contribution in [0.2, 0.25) is 0 Å². The van der Waals surface area contributed by atoms with Gasteiger partial charge in [0, 0.05) is 0 Å². The Bertz CT molecular complexity index is 876. The van der Waals surface area contributed by atoms with E-state index in [1.807, 2.05) is 19.1 Å². The molecule has 1 fully saturated rings. The van der Waals surface area contributed by atoms with Crippen molar-refractivity contribution < 1.29 is 17.9 Å². The first-order valence-electron chi connectivity index (χ1n) is 9.42. The van der Waals surface area contributed by atoms with Crippen LogP contribution in [-0.4, -0.2) is 0 Å². The lowest BCUT2D eigenvalue weighted by Crippen LogP contribution is -2.22. The van der Waals surface area contributed by atoms with Crippen LogP contribution in [0.1, 0.15) is 55.2 Å². The molecule has 0 saturated heterocycles. The summed E-state index contributed by atoms with van der Waals surface area (Å²) in [5.74, 6) is 0.0901. The molecule has 28 heavy (non-hydrogen) atoms. The summed E-state index contributed by atoms with van der Waals surface area (Å²) in [7, 11) is 0. The molecule has 1 aliphatic carbocycles. The summed E-state index contributed by atoms with van der Waals surface area (Å²) in [5.41, 5.74) is 0.211. The fourth-order valence-corrected chi connectivity index (χ4v) is 3.72. The third kappa shape index (κ3) is 4.56. The Morgan fingerprint density at radius 3 is 2.32 bits per heavy atom. The molecule has 0 atom stereocenters. The Labute approximate surface area is 163 Å². The van der Waals surface area contributed by atoms with Gasteiger partial charge in [-0.3, -0.25) is 0 Å². The van der Waals surface area contributed by atoms with Crippen molar-refractivity contribution >= 4 is 0 Å². The zero-order chi connectivity index (χ0) is 20.1. The van der Waals surface area contributed by atoms with Gasteiger partial charge in [0.25, 0.3) is 0 Å². The molecule has 0 radical (unpaired) electrons. The molecule has 0 unspecified atom stereocenters. The fourth-order valence-electron chi connectivity index (χ4n) is 3.72. The minimum absolute atomic E-state index is 0.0149. The number of halogens is 3. The maximum Gasteiger partial charge on any atom is 0.426 e. The Morgan fingerprint density at radius 2 is 1.75 bits per heavy atom. The van der Waals surface area contributed by atoms with Crippen molar-refractivity contribution in [2.75, 3.05) is 0 Å². The van der Waals surface area contributed by atoms with Crippen LogP contribution in [0.25, 0.3) is 0 Å². The lowest BCUT2D eigenvalue weighted by atomic mass is 9.78. The number of ether oxygens (including phenoxy) is 1. The summed E-state index contributed by atoms with van der Waals surface area (Å²) in [6.07, 6.45) is 5.08. The Kier molecular flexibility index (Phi) is 6.08. The molecule has 0 aromatic heterocycles. The fraction of sp³-hybridized carbons (Fsp3) is 0.348. The molecule has 146 valence electrons. The van der Waals surface area contributed by atoms with Gasteiger partial charge in [-0.1, -0.05) is 24.3 Å². The highest BCUT2D eigenvalue weighted by atomic mass is 19.3. The molecular formula is C23H22F3NO. The van der Waals surface area contributed by atoms with Gasteiger partial charge in [-0.05, 0) is 80.3 Å². The second kappa shape index (κ2) is 8.52. The third-order valence-corrected chi connectivity index (χ3v) is 5.26. The van der Waals surface area contributed by atoms with Gasteiger partial charge in [0.1, 0.15) is 17.6 Å². The van der Waals surface area contributed by atoms with Crippen LogP contribution in [0.15, 0.2) is 54.6 Å². The Hall–Kier alpha value is -2.74. The molecule has 0 aliphatic heterocycles. The monoisotopic (exact) mass is 385 g/mol. The molecule has 2 nitrogen and oxygen atoms in total. The second-order valence-corrected chi connectivity index (χ2v) is 7.13. The average molecular weight is 385 g/mol. The third-order valence-electron chi connectivity index (χ3n) is 5.26. The lowest BCUT2D eigenvalue weighted by molar-refractivity contribution is -0.185. The van der Waals surface area contributed by atoms with Gasteiger partial charge >= 0.3 is 6.11 Å². The topological polar surface area (TPSA) is 33.0 Å². The molecule has 0 bridgehead atoms. The minimum atomic E-state index is -3.69. The van der Waals surface area contributed by atoms with Crippen LogP contribution in [-0.2, 0) is 6.11 Å².